The van der Waals surface area contributed by atoms with Gasteiger partial charge in [-0.15, -0.1) is 0 Å². The molecule has 44 heavy (non-hydrogen) atoms. The van der Waals surface area contributed by atoms with Gasteiger partial charge < -0.3 is 0 Å². The quantitative estimate of drug-likeness (QED) is 0.248. The predicted octanol–water partition coefficient (Wildman–Crippen LogP) is 10.7. The average molecular weight is 716 g/mol. The molecule has 0 atom stereocenters. The first kappa shape index (κ1) is 32.8. The zero-order valence-electron chi connectivity index (χ0n) is 28.2. The molecular formula is C39H47Cl2N2Ru. The number of benzene rings is 3. The molecule has 0 amide bonds. The van der Waals surface area contributed by atoms with Crippen molar-refractivity contribution in [2.45, 2.75) is 76.2 Å². The molecule has 2 nitrogen and oxygen atoms in total. The van der Waals surface area contributed by atoms with Gasteiger partial charge in [0.1, 0.15) is 0 Å². The standard InChI is InChI=1S/C21H26N2.C10H15.C8H6.2ClH.Ru/c1-14-9-16(3)20(17(4)10-14)22-7-8-23(13-22)21-18(5)11-15(2)12-19(21)6;1-7-6-10(4,5)9(3)8(7)2;1-2-8-6-4-3-5-7-8;;;/h9-12H,7-8H2,1-6H3;1-5H3;2-7H;2*1H;/q;;;;;+2/p-2. The molecule has 5 rings (SSSR count). The molecule has 1 aliphatic heterocycles. The van der Waals surface area contributed by atoms with Crippen LogP contribution in [0.2, 0.25) is 0 Å². The van der Waals surface area contributed by atoms with Gasteiger partial charge in [-0.1, -0.05) is 0 Å². The second-order valence-electron chi connectivity index (χ2n) is 13.2. The third kappa shape index (κ3) is 5.25. The van der Waals surface area contributed by atoms with E-state index >= 15 is 0 Å². The van der Waals surface area contributed by atoms with Gasteiger partial charge in [0.15, 0.2) is 0 Å². The van der Waals surface area contributed by atoms with Crippen LogP contribution in [0.4, 0.5) is 11.4 Å². The number of allylic oxidation sites excluding steroid dienone is 4. The minimum atomic E-state index is -5.02. The van der Waals surface area contributed by atoms with E-state index in [1.165, 1.54) is 61.5 Å². The number of halogens is 2. The molecule has 0 bridgehead atoms. The Balaban J connectivity index is 2.07. The number of hydrogen-bond donors (Lipinski definition) is 0. The number of rotatable bonds is 4. The van der Waals surface area contributed by atoms with E-state index in [0.29, 0.717) is 0 Å². The second-order valence-corrected chi connectivity index (χ2v) is 26.0. The molecule has 0 spiro atoms. The van der Waals surface area contributed by atoms with Crippen molar-refractivity contribution in [1.29, 1.82) is 0 Å². The van der Waals surface area contributed by atoms with Crippen molar-refractivity contribution in [2.24, 2.45) is 5.41 Å². The molecule has 3 aromatic rings. The Labute approximate surface area is 273 Å². The summed E-state index contributed by atoms with van der Waals surface area (Å²) in [5, 5.41) is 0. The van der Waals surface area contributed by atoms with E-state index in [4.69, 9.17) is 19.4 Å². The zero-order valence-corrected chi connectivity index (χ0v) is 31.4. The summed E-state index contributed by atoms with van der Waals surface area (Å²) in [6, 6.07) is 19.4. The fourth-order valence-electron chi connectivity index (χ4n) is 7.49. The van der Waals surface area contributed by atoms with Crippen molar-refractivity contribution in [1.82, 2.24) is 0 Å². The molecule has 235 valence electrons. The first-order chi connectivity index (χ1) is 20.5. The van der Waals surface area contributed by atoms with Crippen LogP contribution in [0.3, 0.4) is 0 Å². The molecule has 5 heteroatoms. The van der Waals surface area contributed by atoms with E-state index in [-0.39, 0.29) is 5.41 Å². The average Bonchev–Trinajstić information content (AvgIpc) is 3.41. The van der Waals surface area contributed by atoms with E-state index in [9.17, 15) is 0 Å². The van der Waals surface area contributed by atoms with Gasteiger partial charge in [-0.05, 0) is 0 Å². The molecule has 0 radical (unpaired) electrons. The topological polar surface area (TPSA) is 6.48 Å². The van der Waals surface area contributed by atoms with Crippen LogP contribution in [-0.4, -0.2) is 21.7 Å². The van der Waals surface area contributed by atoms with Crippen molar-refractivity contribution in [2.75, 3.05) is 22.9 Å². The van der Waals surface area contributed by atoms with Gasteiger partial charge >= 0.3 is 275 Å². The number of nitrogens with zero attached hydrogens (tertiary/aromatic N) is 2. The molecule has 0 aromatic heterocycles. The summed E-state index contributed by atoms with van der Waals surface area (Å²) in [5.74, 6) is 0. The van der Waals surface area contributed by atoms with Gasteiger partial charge in [0.25, 0.3) is 0 Å². The van der Waals surface area contributed by atoms with Crippen molar-refractivity contribution in [3.05, 3.63) is 114 Å². The Hall–Kier alpha value is -2.54. The Kier molecular flexibility index (Phi) is 8.48. The molecule has 3 aromatic carbocycles. The Bertz CT molecular complexity index is 1840. The normalized spacial score (nSPS) is 17.8. The van der Waals surface area contributed by atoms with E-state index in [1.807, 2.05) is 6.07 Å². The van der Waals surface area contributed by atoms with Gasteiger partial charge in [0.05, 0.1) is 0 Å². The predicted molar refractivity (Wildman–Crippen MR) is 193 cm³/mol. The van der Waals surface area contributed by atoms with Crippen molar-refractivity contribution in [3.8, 4) is 0 Å². The van der Waals surface area contributed by atoms with Gasteiger partial charge in [-0.2, -0.15) is 0 Å². The number of hydrogen-bond acceptors (Lipinski definition) is 2. The van der Waals surface area contributed by atoms with Crippen LogP contribution in [0.5, 0.6) is 0 Å². The zero-order chi connectivity index (χ0) is 32.4. The van der Waals surface area contributed by atoms with Crippen LogP contribution in [-0.2, 0) is 10.7 Å². The van der Waals surface area contributed by atoms with Gasteiger partial charge in [0, 0.05) is 0 Å². The number of anilines is 2. The Morgan fingerprint density at radius 1 is 0.682 bits per heavy atom. The maximum atomic E-state index is 8.52. The molecule has 2 aliphatic rings. The fourth-order valence-corrected chi connectivity index (χ4v) is 20.5. The summed E-state index contributed by atoms with van der Waals surface area (Å²) in [6.45, 7) is 26.0. The summed E-state index contributed by atoms with van der Waals surface area (Å²) in [7, 11) is 12.0. The first-order valence-corrected chi connectivity index (χ1v) is 22.5. The summed E-state index contributed by atoms with van der Waals surface area (Å²) in [6.07, 6.45) is 2.05. The van der Waals surface area contributed by atoms with Gasteiger partial charge in [-0.25, -0.2) is 0 Å². The molecule has 0 N–H and O–H groups in total. The SMILES string of the molecule is CC1=C(C)C(C)(C)[C]([Ru]([Cl])([Cl])(=[C]=Cc2ccccc2)=[C]2N(c3c(C)cc(C)cc3C)CCN2c2c(C)cc(C)cc2C)=C1C. The maximum absolute atomic E-state index is 8.52. The van der Waals surface area contributed by atoms with Crippen LogP contribution >= 0.6 is 19.4 Å². The van der Waals surface area contributed by atoms with E-state index in [1.54, 1.807) is 0 Å². The van der Waals surface area contributed by atoms with E-state index in [0.717, 1.165) is 27.2 Å². The van der Waals surface area contributed by atoms with Crippen LogP contribution in [0.25, 0.3) is 6.08 Å². The van der Waals surface area contributed by atoms with Gasteiger partial charge in [0.2, 0.25) is 0 Å². The molecule has 0 saturated carbocycles. The minimum absolute atomic E-state index is 0.332. The van der Waals surface area contributed by atoms with Crippen molar-refractivity contribution >= 4 is 45.5 Å². The van der Waals surface area contributed by atoms with Crippen molar-refractivity contribution in [3.63, 3.8) is 0 Å². The monoisotopic (exact) mass is 715 g/mol. The van der Waals surface area contributed by atoms with Crippen LogP contribution in [0, 0.1) is 47.0 Å². The van der Waals surface area contributed by atoms with Gasteiger partial charge in [-0.3, -0.25) is 0 Å². The second kappa shape index (κ2) is 11.4. The number of aryl methyl sites for hydroxylation is 6. The van der Waals surface area contributed by atoms with Crippen molar-refractivity contribution < 1.29 is 10.7 Å². The molecule has 1 heterocycles. The molecular weight excluding hydrogens is 668 g/mol. The summed E-state index contributed by atoms with van der Waals surface area (Å²) in [5.41, 5.74) is 14.3. The first-order valence-electron chi connectivity index (χ1n) is 15.4. The molecule has 1 aliphatic carbocycles. The van der Waals surface area contributed by atoms with E-state index < -0.39 is 10.7 Å². The van der Waals surface area contributed by atoms with Crippen LogP contribution in [0.1, 0.15) is 73.6 Å². The third-order valence-electron chi connectivity index (χ3n) is 9.49. The Morgan fingerprint density at radius 2 is 1.11 bits per heavy atom. The Morgan fingerprint density at radius 3 is 1.50 bits per heavy atom. The summed E-state index contributed by atoms with van der Waals surface area (Å²) in [4.78, 5) is 4.91. The summed E-state index contributed by atoms with van der Waals surface area (Å²) >= 11 is 0. The van der Waals surface area contributed by atoms with E-state index in [2.05, 4.69) is 145 Å². The molecule has 1 fully saturated rings. The molecule has 0 unspecified atom stereocenters. The molecule has 1 saturated heterocycles. The fraction of sp³-hybridized carbons (Fsp3) is 0.359. The van der Waals surface area contributed by atoms with Crippen LogP contribution in [0.15, 0.2) is 75.5 Å². The summed E-state index contributed by atoms with van der Waals surface area (Å²) < 4.78 is 6.01. The third-order valence-corrected chi connectivity index (χ3v) is 20.1. The van der Waals surface area contributed by atoms with Crippen LogP contribution < -0.4 is 9.80 Å².